The molecular formula is C25H24N6. The van der Waals surface area contributed by atoms with Gasteiger partial charge in [0.1, 0.15) is 5.82 Å². The number of H-pyrrole nitrogens is 2. The maximum atomic E-state index is 4.85. The lowest BCUT2D eigenvalue weighted by molar-refractivity contribution is 0.153. The minimum Gasteiger partial charge on any atom is -0.345 e. The van der Waals surface area contributed by atoms with Crippen LogP contribution >= 0.6 is 0 Å². The smallest absolute Gasteiger partial charge is 0.121 e. The number of aromatic amines is 2. The zero-order valence-electron chi connectivity index (χ0n) is 17.3. The van der Waals surface area contributed by atoms with E-state index in [2.05, 4.69) is 62.3 Å². The molecule has 0 radical (unpaired) electrons. The molecule has 31 heavy (non-hydrogen) atoms. The van der Waals surface area contributed by atoms with Crippen LogP contribution in [0.3, 0.4) is 0 Å². The molecule has 0 fully saturated rings. The van der Waals surface area contributed by atoms with Crippen LogP contribution in [0.5, 0.6) is 0 Å². The number of nitrogens with zero attached hydrogens (tertiary/aromatic N) is 4. The summed E-state index contributed by atoms with van der Waals surface area (Å²) >= 11 is 0. The maximum absolute atomic E-state index is 4.85. The van der Waals surface area contributed by atoms with Gasteiger partial charge >= 0.3 is 0 Å². The third-order valence-electron chi connectivity index (χ3n) is 6.27. The van der Waals surface area contributed by atoms with Gasteiger partial charge in [-0.15, -0.1) is 0 Å². The van der Waals surface area contributed by atoms with Crippen molar-refractivity contribution in [2.24, 2.45) is 0 Å². The number of rotatable bonds is 5. The molecule has 2 N–H and O–H groups in total. The Morgan fingerprint density at radius 3 is 2.87 bits per heavy atom. The molecule has 0 amide bonds. The highest BCUT2D eigenvalue weighted by molar-refractivity contribution is 5.75. The van der Waals surface area contributed by atoms with E-state index in [1.807, 2.05) is 18.3 Å². The van der Waals surface area contributed by atoms with Crippen molar-refractivity contribution in [2.45, 2.75) is 38.4 Å². The summed E-state index contributed by atoms with van der Waals surface area (Å²) in [5.74, 6) is 0.991. The normalized spacial score (nSPS) is 16.2. The van der Waals surface area contributed by atoms with Gasteiger partial charge in [0.2, 0.25) is 0 Å². The van der Waals surface area contributed by atoms with E-state index in [1.165, 1.54) is 23.2 Å². The van der Waals surface area contributed by atoms with Crippen LogP contribution in [0.4, 0.5) is 0 Å². The molecule has 3 aromatic heterocycles. The number of hydrogen-bond donors (Lipinski definition) is 2. The Kier molecular flexibility index (Phi) is 4.50. The summed E-state index contributed by atoms with van der Waals surface area (Å²) in [6.07, 6.45) is 7.07. The first-order chi connectivity index (χ1) is 15.3. The lowest BCUT2D eigenvalue weighted by atomic mass is 9.90. The number of hydrogen-bond acceptors (Lipinski definition) is 4. The van der Waals surface area contributed by atoms with Gasteiger partial charge in [0, 0.05) is 12.7 Å². The Hall–Kier alpha value is -3.51. The molecule has 0 saturated carbocycles. The second-order valence-electron chi connectivity index (χ2n) is 8.32. The van der Waals surface area contributed by atoms with Crippen LogP contribution in [0.15, 0.2) is 67.1 Å². The first-order valence-electron chi connectivity index (χ1n) is 10.9. The van der Waals surface area contributed by atoms with Crippen LogP contribution in [0.1, 0.15) is 41.5 Å². The minimum atomic E-state index is 0.271. The molecule has 0 aliphatic heterocycles. The van der Waals surface area contributed by atoms with E-state index >= 15 is 0 Å². The molecule has 1 unspecified atom stereocenters. The molecule has 5 aromatic rings. The summed E-state index contributed by atoms with van der Waals surface area (Å²) in [5, 5.41) is 0. The summed E-state index contributed by atoms with van der Waals surface area (Å²) in [4.78, 5) is 23.3. The van der Waals surface area contributed by atoms with E-state index in [1.54, 1.807) is 6.33 Å². The fraction of sp³-hybridized carbons (Fsp3) is 0.240. The first-order valence-corrected chi connectivity index (χ1v) is 10.9. The lowest BCUT2D eigenvalue weighted by Gasteiger charge is -2.34. The highest BCUT2D eigenvalue weighted by atomic mass is 15.2. The topological polar surface area (TPSA) is 73.5 Å². The number of aromatic nitrogens is 5. The van der Waals surface area contributed by atoms with Crippen molar-refractivity contribution in [3.05, 3.63) is 89.8 Å². The van der Waals surface area contributed by atoms with Gasteiger partial charge < -0.3 is 9.97 Å². The van der Waals surface area contributed by atoms with Crippen LogP contribution in [0, 0.1) is 0 Å². The molecule has 154 valence electrons. The second-order valence-corrected chi connectivity index (χ2v) is 8.32. The summed E-state index contributed by atoms with van der Waals surface area (Å²) in [5.41, 5.74) is 8.00. The second kappa shape index (κ2) is 7.63. The van der Waals surface area contributed by atoms with Crippen LogP contribution < -0.4 is 0 Å². The number of para-hydroxylation sites is 2. The fourth-order valence-electron chi connectivity index (χ4n) is 4.80. The van der Waals surface area contributed by atoms with Gasteiger partial charge in [0.25, 0.3) is 0 Å². The number of aryl methyl sites for hydroxylation is 1. The third kappa shape index (κ3) is 3.49. The van der Waals surface area contributed by atoms with E-state index in [9.17, 15) is 0 Å². The van der Waals surface area contributed by atoms with E-state index in [4.69, 9.17) is 9.97 Å². The van der Waals surface area contributed by atoms with Gasteiger partial charge in [0.05, 0.1) is 46.7 Å². The lowest BCUT2D eigenvalue weighted by Crippen LogP contribution is -2.31. The first kappa shape index (κ1) is 18.3. The van der Waals surface area contributed by atoms with Gasteiger partial charge in [-0.3, -0.25) is 9.88 Å². The molecule has 3 heterocycles. The molecule has 0 saturated heterocycles. The number of fused-ring (bicyclic) bond motifs is 3. The van der Waals surface area contributed by atoms with Crippen LogP contribution in [0.2, 0.25) is 0 Å². The number of nitrogens with one attached hydrogen (secondary N) is 2. The average Bonchev–Trinajstić information content (AvgIpc) is 3.44. The monoisotopic (exact) mass is 408 g/mol. The summed E-state index contributed by atoms with van der Waals surface area (Å²) in [6, 6.07) is 19.3. The van der Waals surface area contributed by atoms with Crippen molar-refractivity contribution in [3.8, 4) is 0 Å². The molecule has 1 aliphatic carbocycles. The minimum absolute atomic E-state index is 0.271. The SMILES string of the molecule is c1cnc2c(c1)CCCC2N(Cc1ccc2[nH]cnc2c1)Cc1nc2ccccc2[nH]1. The Balaban J connectivity index is 1.37. The van der Waals surface area contributed by atoms with E-state index < -0.39 is 0 Å². The molecule has 2 aromatic carbocycles. The van der Waals surface area contributed by atoms with Crippen molar-refractivity contribution in [1.29, 1.82) is 0 Å². The Bertz CT molecular complexity index is 1310. The highest BCUT2D eigenvalue weighted by Crippen LogP contribution is 2.35. The molecule has 6 heteroatoms. The van der Waals surface area contributed by atoms with Gasteiger partial charge in [-0.05, 0) is 60.7 Å². The number of imidazole rings is 2. The van der Waals surface area contributed by atoms with Crippen molar-refractivity contribution in [2.75, 3.05) is 0 Å². The van der Waals surface area contributed by atoms with Crippen molar-refractivity contribution >= 4 is 22.1 Å². The van der Waals surface area contributed by atoms with Gasteiger partial charge in [-0.25, -0.2) is 9.97 Å². The van der Waals surface area contributed by atoms with Crippen molar-refractivity contribution < 1.29 is 0 Å². The molecule has 1 atom stereocenters. The van der Waals surface area contributed by atoms with Crippen molar-refractivity contribution in [1.82, 2.24) is 29.8 Å². The molecule has 0 spiro atoms. The van der Waals surface area contributed by atoms with Gasteiger partial charge in [-0.2, -0.15) is 0 Å². The largest absolute Gasteiger partial charge is 0.345 e. The molecule has 6 rings (SSSR count). The molecule has 1 aliphatic rings. The fourth-order valence-corrected chi connectivity index (χ4v) is 4.80. The Morgan fingerprint density at radius 1 is 0.935 bits per heavy atom. The third-order valence-corrected chi connectivity index (χ3v) is 6.27. The van der Waals surface area contributed by atoms with Crippen molar-refractivity contribution in [3.63, 3.8) is 0 Å². The summed E-state index contributed by atoms with van der Waals surface area (Å²) < 4.78 is 0. The van der Waals surface area contributed by atoms with Gasteiger partial charge in [0.15, 0.2) is 0 Å². The number of benzene rings is 2. The molecule has 0 bridgehead atoms. The predicted octanol–water partition coefficient (Wildman–Crippen LogP) is 4.91. The summed E-state index contributed by atoms with van der Waals surface area (Å²) in [7, 11) is 0. The van der Waals surface area contributed by atoms with Gasteiger partial charge in [-0.1, -0.05) is 24.3 Å². The highest BCUT2D eigenvalue weighted by Gasteiger charge is 2.28. The van der Waals surface area contributed by atoms with E-state index in [-0.39, 0.29) is 6.04 Å². The zero-order valence-corrected chi connectivity index (χ0v) is 17.3. The Morgan fingerprint density at radius 2 is 1.90 bits per heavy atom. The zero-order chi connectivity index (χ0) is 20.6. The number of pyridine rings is 1. The van der Waals surface area contributed by atoms with Crippen LogP contribution in [-0.2, 0) is 19.5 Å². The predicted molar refractivity (Wildman–Crippen MR) is 121 cm³/mol. The van der Waals surface area contributed by atoms with E-state index in [0.717, 1.165) is 53.8 Å². The van der Waals surface area contributed by atoms with E-state index in [0.29, 0.717) is 0 Å². The summed E-state index contributed by atoms with van der Waals surface area (Å²) in [6.45, 7) is 1.56. The van der Waals surface area contributed by atoms with Crippen LogP contribution in [0.25, 0.3) is 22.1 Å². The average molecular weight is 409 g/mol. The molecular weight excluding hydrogens is 384 g/mol. The molecule has 6 nitrogen and oxygen atoms in total. The standard InChI is InChI=1S/C25H24N6/c1-2-8-21-20(7-1)29-24(30-21)15-31(14-17-10-11-19-22(13-17)28-16-27-19)23-9-3-5-18-6-4-12-26-25(18)23/h1-2,4,6-8,10-13,16,23H,3,5,9,14-15H2,(H,27,28)(H,29,30). The van der Waals surface area contributed by atoms with Crippen LogP contribution in [-0.4, -0.2) is 29.8 Å². The Labute approximate surface area is 180 Å². The maximum Gasteiger partial charge on any atom is 0.121 e. The quantitative estimate of drug-likeness (QED) is 0.433.